The molecule has 100 valence electrons. The van der Waals surface area contributed by atoms with Crippen LogP contribution in [0.4, 0.5) is 4.79 Å². The zero-order valence-corrected chi connectivity index (χ0v) is 10.7. The summed E-state index contributed by atoms with van der Waals surface area (Å²) in [6.07, 6.45) is 3.36. The lowest BCUT2D eigenvalue weighted by Gasteiger charge is -2.20. The molecule has 0 bridgehead atoms. The maximum absolute atomic E-state index is 11.5. The molecule has 17 heavy (non-hydrogen) atoms. The van der Waals surface area contributed by atoms with Crippen LogP contribution in [0, 0.1) is 0 Å². The van der Waals surface area contributed by atoms with E-state index >= 15 is 0 Å². The summed E-state index contributed by atoms with van der Waals surface area (Å²) in [5.74, 6) is 0. The van der Waals surface area contributed by atoms with E-state index in [1.807, 2.05) is 13.8 Å². The predicted molar refractivity (Wildman–Crippen MR) is 65.9 cm³/mol. The van der Waals surface area contributed by atoms with E-state index in [0.717, 1.165) is 25.9 Å². The van der Waals surface area contributed by atoms with E-state index in [0.29, 0.717) is 13.0 Å². The fraction of sp³-hybridized carbons (Fsp3) is 0.917. The van der Waals surface area contributed by atoms with Crippen LogP contribution < -0.4 is 10.6 Å². The van der Waals surface area contributed by atoms with Gasteiger partial charge in [0.1, 0.15) is 0 Å². The van der Waals surface area contributed by atoms with Gasteiger partial charge < -0.3 is 20.5 Å². The molecule has 0 aromatic heterocycles. The Hall–Kier alpha value is -0.810. The number of urea groups is 1. The number of carbonyl (C=O) groups excluding carboxylic acids is 1. The third kappa shape index (κ3) is 5.37. The average molecular weight is 244 g/mol. The van der Waals surface area contributed by atoms with Crippen LogP contribution in [0.25, 0.3) is 0 Å². The summed E-state index contributed by atoms with van der Waals surface area (Å²) >= 11 is 0. The minimum Gasteiger partial charge on any atom is -0.391 e. The van der Waals surface area contributed by atoms with Crippen molar-refractivity contribution in [2.45, 2.75) is 57.8 Å². The van der Waals surface area contributed by atoms with Crippen molar-refractivity contribution in [2.24, 2.45) is 0 Å². The van der Waals surface area contributed by atoms with Gasteiger partial charge in [-0.2, -0.15) is 0 Å². The van der Waals surface area contributed by atoms with Gasteiger partial charge in [-0.3, -0.25) is 0 Å². The molecule has 1 saturated heterocycles. The maximum atomic E-state index is 11.5. The zero-order chi connectivity index (χ0) is 12.7. The van der Waals surface area contributed by atoms with Crippen LogP contribution >= 0.6 is 0 Å². The van der Waals surface area contributed by atoms with Crippen molar-refractivity contribution >= 4 is 6.03 Å². The quantitative estimate of drug-likeness (QED) is 0.653. The molecular formula is C12H24N2O3. The SMILES string of the molecule is CCCC(O)CNC(=O)NC(C)C1CCCO1. The fourth-order valence-electron chi connectivity index (χ4n) is 1.99. The molecule has 5 nitrogen and oxygen atoms in total. The Morgan fingerprint density at radius 2 is 2.35 bits per heavy atom. The summed E-state index contributed by atoms with van der Waals surface area (Å²) in [4.78, 5) is 11.5. The Balaban J connectivity index is 2.15. The second-order valence-corrected chi connectivity index (χ2v) is 4.64. The van der Waals surface area contributed by atoms with Crippen molar-refractivity contribution in [1.29, 1.82) is 0 Å². The summed E-state index contributed by atoms with van der Waals surface area (Å²) in [5.41, 5.74) is 0. The number of aliphatic hydroxyl groups excluding tert-OH is 1. The number of ether oxygens (including phenoxy) is 1. The number of nitrogens with one attached hydrogen (secondary N) is 2. The number of amides is 2. The summed E-state index contributed by atoms with van der Waals surface area (Å²) < 4.78 is 5.49. The van der Waals surface area contributed by atoms with Gasteiger partial charge in [0.25, 0.3) is 0 Å². The molecule has 5 heteroatoms. The topological polar surface area (TPSA) is 70.6 Å². The third-order valence-corrected chi connectivity index (χ3v) is 3.00. The van der Waals surface area contributed by atoms with E-state index in [1.165, 1.54) is 0 Å². The molecular weight excluding hydrogens is 220 g/mol. The number of carbonyl (C=O) groups is 1. The molecule has 3 unspecified atom stereocenters. The first-order valence-electron chi connectivity index (χ1n) is 6.47. The predicted octanol–water partition coefficient (Wildman–Crippen LogP) is 1.01. The zero-order valence-electron chi connectivity index (χ0n) is 10.7. The van der Waals surface area contributed by atoms with Crippen LogP contribution in [0.3, 0.4) is 0 Å². The summed E-state index contributed by atoms with van der Waals surface area (Å²) in [7, 11) is 0. The molecule has 1 fully saturated rings. The van der Waals surface area contributed by atoms with Crippen molar-refractivity contribution in [3.63, 3.8) is 0 Å². The fourth-order valence-corrected chi connectivity index (χ4v) is 1.99. The van der Waals surface area contributed by atoms with Gasteiger partial charge in [0.05, 0.1) is 18.2 Å². The second kappa shape index (κ2) is 7.50. The van der Waals surface area contributed by atoms with E-state index in [1.54, 1.807) is 0 Å². The lowest BCUT2D eigenvalue weighted by molar-refractivity contribution is 0.0856. The van der Waals surface area contributed by atoms with Crippen molar-refractivity contribution in [3.8, 4) is 0 Å². The number of hydrogen-bond acceptors (Lipinski definition) is 3. The molecule has 1 heterocycles. The van der Waals surface area contributed by atoms with E-state index in [4.69, 9.17) is 4.74 Å². The van der Waals surface area contributed by atoms with Gasteiger partial charge in [-0.05, 0) is 26.2 Å². The summed E-state index contributed by atoms with van der Waals surface area (Å²) in [6, 6.07) is -0.219. The maximum Gasteiger partial charge on any atom is 0.315 e. The first-order chi connectivity index (χ1) is 8.13. The van der Waals surface area contributed by atoms with Crippen LogP contribution in [0.5, 0.6) is 0 Å². The van der Waals surface area contributed by atoms with Crippen molar-refractivity contribution < 1.29 is 14.6 Å². The average Bonchev–Trinajstić information content (AvgIpc) is 2.80. The molecule has 0 saturated carbocycles. The highest BCUT2D eigenvalue weighted by atomic mass is 16.5. The second-order valence-electron chi connectivity index (χ2n) is 4.64. The van der Waals surface area contributed by atoms with Gasteiger partial charge in [-0.25, -0.2) is 4.79 Å². The lowest BCUT2D eigenvalue weighted by atomic mass is 10.1. The molecule has 3 atom stereocenters. The van der Waals surface area contributed by atoms with E-state index < -0.39 is 6.10 Å². The minimum atomic E-state index is -0.455. The Morgan fingerprint density at radius 3 is 2.94 bits per heavy atom. The molecule has 0 aliphatic carbocycles. The van der Waals surface area contributed by atoms with Crippen LogP contribution in [-0.4, -0.2) is 42.5 Å². The van der Waals surface area contributed by atoms with Crippen molar-refractivity contribution in [2.75, 3.05) is 13.2 Å². The monoisotopic (exact) mass is 244 g/mol. The minimum absolute atomic E-state index is 0.0146. The lowest BCUT2D eigenvalue weighted by Crippen LogP contribution is -2.47. The van der Waals surface area contributed by atoms with Crippen molar-refractivity contribution in [1.82, 2.24) is 10.6 Å². The highest BCUT2D eigenvalue weighted by Gasteiger charge is 2.23. The standard InChI is InChI=1S/C12H24N2O3/c1-3-5-10(15)8-13-12(16)14-9(2)11-6-4-7-17-11/h9-11,15H,3-8H2,1-2H3,(H2,13,14,16). The molecule has 1 rings (SSSR count). The van der Waals surface area contributed by atoms with Crippen molar-refractivity contribution in [3.05, 3.63) is 0 Å². The van der Waals surface area contributed by atoms with E-state index in [-0.39, 0.29) is 18.2 Å². The molecule has 3 N–H and O–H groups in total. The molecule has 1 aliphatic rings. The molecule has 0 aromatic rings. The van der Waals surface area contributed by atoms with Gasteiger partial charge in [-0.15, -0.1) is 0 Å². The Bertz CT molecular complexity index is 230. The molecule has 1 aliphatic heterocycles. The molecule has 0 radical (unpaired) electrons. The Labute approximate surface area is 103 Å². The van der Waals surface area contributed by atoms with Gasteiger partial charge in [0, 0.05) is 13.2 Å². The molecule has 0 aromatic carbocycles. The van der Waals surface area contributed by atoms with Crippen LogP contribution in [0.15, 0.2) is 0 Å². The first-order valence-corrected chi connectivity index (χ1v) is 6.47. The van der Waals surface area contributed by atoms with Gasteiger partial charge in [-0.1, -0.05) is 13.3 Å². The largest absolute Gasteiger partial charge is 0.391 e. The molecule has 2 amide bonds. The number of aliphatic hydroxyl groups is 1. The highest BCUT2D eigenvalue weighted by Crippen LogP contribution is 2.15. The summed E-state index contributed by atoms with van der Waals surface area (Å²) in [6.45, 7) is 5.03. The van der Waals surface area contributed by atoms with E-state index in [2.05, 4.69) is 10.6 Å². The van der Waals surface area contributed by atoms with Gasteiger partial charge >= 0.3 is 6.03 Å². The first kappa shape index (κ1) is 14.3. The highest BCUT2D eigenvalue weighted by molar-refractivity contribution is 5.74. The Kier molecular flexibility index (Phi) is 6.29. The number of rotatable bonds is 6. The molecule has 0 spiro atoms. The normalized spacial score (nSPS) is 23.1. The summed E-state index contributed by atoms with van der Waals surface area (Å²) in [5, 5.41) is 15.0. The van der Waals surface area contributed by atoms with Crippen LogP contribution in [0.1, 0.15) is 39.5 Å². The van der Waals surface area contributed by atoms with Gasteiger partial charge in [0.15, 0.2) is 0 Å². The van der Waals surface area contributed by atoms with E-state index in [9.17, 15) is 9.90 Å². The smallest absolute Gasteiger partial charge is 0.315 e. The van der Waals surface area contributed by atoms with Crippen LogP contribution in [-0.2, 0) is 4.74 Å². The Morgan fingerprint density at radius 1 is 1.59 bits per heavy atom. The third-order valence-electron chi connectivity index (χ3n) is 3.00. The van der Waals surface area contributed by atoms with Gasteiger partial charge in [0.2, 0.25) is 0 Å². The van der Waals surface area contributed by atoms with Crippen LogP contribution in [0.2, 0.25) is 0 Å². The number of hydrogen-bond donors (Lipinski definition) is 3.